The average molecular weight is 501 g/mol. The van der Waals surface area contributed by atoms with Crippen molar-refractivity contribution in [2.45, 2.75) is 45.9 Å². The number of benzene rings is 2. The zero-order valence-electron chi connectivity index (χ0n) is 20.8. The molecule has 1 saturated heterocycles. The van der Waals surface area contributed by atoms with E-state index in [0.29, 0.717) is 5.11 Å². The van der Waals surface area contributed by atoms with Crippen LogP contribution in [0.2, 0.25) is 0 Å². The summed E-state index contributed by atoms with van der Waals surface area (Å²) in [5, 5.41) is 4.14. The van der Waals surface area contributed by atoms with Crippen LogP contribution >= 0.6 is 12.2 Å². The van der Waals surface area contributed by atoms with Crippen molar-refractivity contribution in [3.05, 3.63) is 107 Å². The summed E-state index contributed by atoms with van der Waals surface area (Å²) < 4.78 is 22.0. The van der Waals surface area contributed by atoms with E-state index in [4.69, 9.17) is 17.0 Å². The van der Waals surface area contributed by atoms with Gasteiger partial charge in [-0.25, -0.2) is 4.39 Å². The van der Waals surface area contributed by atoms with Gasteiger partial charge in [0.15, 0.2) is 5.11 Å². The molecule has 1 N–H and O–H groups in total. The van der Waals surface area contributed by atoms with E-state index in [1.807, 2.05) is 69.3 Å². The highest BCUT2D eigenvalue weighted by atomic mass is 32.1. The molecule has 2 atom stereocenters. The Morgan fingerprint density at radius 2 is 1.75 bits per heavy atom. The second-order valence-corrected chi connectivity index (χ2v) is 9.69. The van der Waals surface area contributed by atoms with Gasteiger partial charge >= 0.3 is 0 Å². The molecule has 2 aromatic carbocycles. The number of aromatic nitrogens is 2. The number of pyridine rings is 1. The first-order valence-electron chi connectivity index (χ1n) is 12.1. The van der Waals surface area contributed by atoms with Gasteiger partial charge in [0, 0.05) is 29.0 Å². The molecule has 2 unspecified atom stereocenters. The van der Waals surface area contributed by atoms with Crippen molar-refractivity contribution in [1.82, 2.24) is 14.9 Å². The molecule has 7 heteroatoms. The third kappa shape index (κ3) is 4.46. The number of anilines is 1. The molecular formula is C29H29FN4OS. The van der Waals surface area contributed by atoms with Crippen molar-refractivity contribution in [3.63, 3.8) is 0 Å². The number of hydrogen-bond acceptors (Lipinski definition) is 3. The Labute approximate surface area is 216 Å². The number of rotatable bonds is 6. The lowest BCUT2D eigenvalue weighted by Gasteiger charge is -2.28. The summed E-state index contributed by atoms with van der Waals surface area (Å²) in [7, 11) is 0. The zero-order chi connectivity index (χ0) is 25.4. The maximum Gasteiger partial charge on any atom is 0.174 e. The first-order valence-corrected chi connectivity index (χ1v) is 12.5. The standard InChI is InChI=1S/C29H29FN4OS/c1-18(2)35-24-13-11-22(12-14-24)34-28(27(32-29(34)36)26-10-5-6-15-31-26)25-16-19(3)33(20(25)4)23-9-7-8-21(30)17-23/h5-18,27-28H,1-4H3,(H,32,36). The molecular weight excluding hydrogens is 471 g/mol. The number of thiocarbonyl (C=S) groups is 1. The molecule has 36 heavy (non-hydrogen) atoms. The number of nitrogens with one attached hydrogen (secondary N) is 1. The Morgan fingerprint density at radius 3 is 2.42 bits per heavy atom. The van der Waals surface area contributed by atoms with E-state index < -0.39 is 0 Å². The molecule has 0 amide bonds. The van der Waals surface area contributed by atoms with Crippen LogP contribution in [0.1, 0.15) is 48.6 Å². The Bertz CT molecular complexity index is 1380. The first-order chi connectivity index (χ1) is 17.3. The fourth-order valence-corrected chi connectivity index (χ4v) is 5.35. The van der Waals surface area contributed by atoms with Crippen LogP contribution in [-0.4, -0.2) is 20.8 Å². The van der Waals surface area contributed by atoms with Gasteiger partial charge in [-0.15, -0.1) is 0 Å². The van der Waals surface area contributed by atoms with Crippen molar-refractivity contribution < 1.29 is 9.13 Å². The lowest BCUT2D eigenvalue weighted by molar-refractivity contribution is 0.242. The normalized spacial score (nSPS) is 17.5. The second-order valence-electron chi connectivity index (χ2n) is 9.30. The van der Waals surface area contributed by atoms with Crippen LogP contribution < -0.4 is 15.0 Å². The molecule has 3 heterocycles. The van der Waals surface area contributed by atoms with E-state index in [2.05, 4.69) is 32.8 Å². The fraction of sp³-hybridized carbons (Fsp3) is 0.241. The van der Waals surface area contributed by atoms with Crippen LogP contribution in [0, 0.1) is 19.7 Å². The van der Waals surface area contributed by atoms with Gasteiger partial charge in [-0.1, -0.05) is 12.1 Å². The van der Waals surface area contributed by atoms with Gasteiger partial charge in [0.2, 0.25) is 0 Å². The predicted octanol–water partition coefficient (Wildman–Crippen LogP) is 6.59. The van der Waals surface area contributed by atoms with Crippen LogP contribution in [0.5, 0.6) is 5.75 Å². The molecule has 5 rings (SSSR count). The molecule has 5 nitrogen and oxygen atoms in total. The zero-order valence-corrected chi connectivity index (χ0v) is 21.6. The predicted molar refractivity (Wildman–Crippen MR) is 145 cm³/mol. The number of nitrogens with zero attached hydrogens (tertiary/aromatic N) is 3. The van der Waals surface area contributed by atoms with Crippen LogP contribution in [0.25, 0.3) is 5.69 Å². The van der Waals surface area contributed by atoms with Gasteiger partial charge in [0.05, 0.1) is 23.9 Å². The van der Waals surface area contributed by atoms with E-state index in [1.54, 1.807) is 18.3 Å². The van der Waals surface area contributed by atoms with E-state index in [-0.39, 0.29) is 24.0 Å². The Kier molecular flexibility index (Phi) is 6.49. The highest BCUT2D eigenvalue weighted by Gasteiger charge is 2.42. The minimum absolute atomic E-state index is 0.0971. The van der Waals surface area contributed by atoms with Crippen LogP contribution in [0.15, 0.2) is 79.0 Å². The maximum absolute atomic E-state index is 14.1. The number of hydrogen-bond donors (Lipinski definition) is 1. The summed E-state index contributed by atoms with van der Waals surface area (Å²) >= 11 is 5.87. The van der Waals surface area contributed by atoms with Crippen molar-refractivity contribution in [3.8, 4) is 11.4 Å². The third-order valence-electron chi connectivity index (χ3n) is 6.44. The molecule has 1 fully saturated rings. The van der Waals surface area contributed by atoms with Crippen LogP contribution in [0.3, 0.4) is 0 Å². The third-order valence-corrected chi connectivity index (χ3v) is 6.75. The number of halogens is 1. The van der Waals surface area contributed by atoms with Gasteiger partial charge < -0.3 is 19.5 Å². The van der Waals surface area contributed by atoms with Crippen molar-refractivity contribution in [1.29, 1.82) is 0 Å². The highest BCUT2D eigenvalue weighted by molar-refractivity contribution is 7.80. The Hall–Kier alpha value is -3.71. The van der Waals surface area contributed by atoms with Gasteiger partial charge in [0.1, 0.15) is 11.6 Å². The number of aryl methyl sites for hydroxylation is 1. The largest absolute Gasteiger partial charge is 0.491 e. The highest BCUT2D eigenvalue weighted by Crippen LogP contribution is 2.44. The van der Waals surface area contributed by atoms with Crippen molar-refractivity contribution in [2.24, 2.45) is 0 Å². The monoisotopic (exact) mass is 500 g/mol. The minimum atomic E-state index is -0.262. The molecule has 0 aliphatic carbocycles. The summed E-state index contributed by atoms with van der Waals surface area (Å²) in [4.78, 5) is 6.79. The molecule has 0 saturated carbocycles. The van der Waals surface area contributed by atoms with Gasteiger partial charge in [-0.05, 0) is 106 Å². The number of ether oxygens (including phenoxy) is 1. The van der Waals surface area contributed by atoms with Crippen molar-refractivity contribution in [2.75, 3.05) is 4.90 Å². The molecule has 184 valence electrons. The SMILES string of the molecule is Cc1cc(C2C(c3ccccn3)NC(=S)N2c2ccc(OC(C)C)cc2)c(C)n1-c1cccc(F)c1. The van der Waals surface area contributed by atoms with Crippen LogP contribution in [0.4, 0.5) is 10.1 Å². The molecule has 4 aromatic rings. The van der Waals surface area contributed by atoms with Gasteiger partial charge in [0.25, 0.3) is 0 Å². The lowest BCUT2D eigenvalue weighted by Crippen LogP contribution is -2.29. The summed E-state index contributed by atoms with van der Waals surface area (Å²) in [6, 6.07) is 22.5. The smallest absolute Gasteiger partial charge is 0.174 e. The first kappa shape index (κ1) is 24.0. The quantitative estimate of drug-likeness (QED) is 0.303. The minimum Gasteiger partial charge on any atom is -0.491 e. The van der Waals surface area contributed by atoms with Crippen LogP contribution in [-0.2, 0) is 0 Å². The molecule has 0 radical (unpaired) electrons. The molecule has 1 aliphatic heterocycles. The molecule has 2 aromatic heterocycles. The molecule has 1 aliphatic rings. The van der Waals surface area contributed by atoms with Gasteiger partial charge in [-0.3, -0.25) is 4.98 Å². The van der Waals surface area contributed by atoms with Crippen molar-refractivity contribution >= 4 is 23.0 Å². The average Bonchev–Trinajstić information content (AvgIpc) is 3.35. The maximum atomic E-state index is 14.1. The Morgan fingerprint density at radius 1 is 0.972 bits per heavy atom. The summed E-state index contributed by atoms with van der Waals surface area (Å²) in [6.45, 7) is 8.13. The topological polar surface area (TPSA) is 42.3 Å². The lowest BCUT2D eigenvalue weighted by atomic mass is 9.96. The summed E-state index contributed by atoms with van der Waals surface area (Å²) in [5.41, 5.74) is 5.81. The van der Waals surface area contributed by atoms with E-state index in [1.165, 1.54) is 6.07 Å². The molecule has 0 bridgehead atoms. The summed E-state index contributed by atoms with van der Waals surface area (Å²) in [6.07, 6.45) is 1.90. The van der Waals surface area contributed by atoms with E-state index in [0.717, 1.165) is 39.8 Å². The molecule has 0 spiro atoms. The van der Waals surface area contributed by atoms with E-state index >= 15 is 0 Å². The van der Waals surface area contributed by atoms with E-state index in [9.17, 15) is 4.39 Å². The second kappa shape index (κ2) is 9.74. The summed E-state index contributed by atoms with van der Waals surface area (Å²) in [5.74, 6) is 0.552. The fourth-order valence-electron chi connectivity index (χ4n) is 5.01. The Balaban J connectivity index is 1.63. The van der Waals surface area contributed by atoms with Gasteiger partial charge in [-0.2, -0.15) is 0 Å².